The molecule has 4 heteroatoms. The number of carbonyl (C=O) groups excluding carboxylic acids is 1. The fourth-order valence-electron chi connectivity index (χ4n) is 3.93. The molecular weight excluding hydrogens is 320 g/mol. The van der Waals surface area contributed by atoms with E-state index in [0.29, 0.717) is 18.9 Å². The lowest BCUT2D eigenvalue weighted by Crippen LogP contribution is -2.45. The molecule has 1 aromatic carbocycles. The van der Waals surface area contributed by atoms with Gasteiger partial charge in [0, 0.05) is 18.0 Å². The van der Waals surface area contributed by atoms with Crippen molar-refractivity contribution in [1.82, 2.24) is 0 Å². The Morgan fingerprint density at radius 2 is 1.88 bits per heavy atom. The van der Waals surface area contributed by atoms with Crippen molar-refractivity contribution in [3.8, 4) is 0 Å². The lowest BCUT2D eigenvalue weighted by atomic mass is 9.80. The maximum atomic E-state index is 14.5. The van der Waals surface area contributed by atoms with E-state index >= 15 is 0 Å². The number of amides is 1. The van der Waals surface area contributed by atoms with Crippen LogP contribution in [0.5, 0.6) is 0 Å². The first kappa shape index (κ1) is 19.9. The summed E-state index contributed by atoms with van der Waals surface area (Å²) in [5, 5.41) is 0. The summed E-state index contributed by atoms with van der Waals surface area (Å²) in [4.78, 5) is 15.0. The van der Waals surface area contributed by atoms with Gasteiger partial charge >= 0.3 is 0 Å². The Bertz CT molecular complexity index is 583. The highest BCUT2D eigenvalue weighted by atomic mass is 19.1. The molecule has 0 spiro atoms. The maximum Gasteiger partial charge on any atom is 0.233 e. The molecule has 1 aliphatic rings. The van der Waals surface area contributed by atoms with Crippen molar-refractivity contribution >= 4 is 11.6 Å². The highest BCUT2D eigenvalue weighted by Crippen LogP contribution is 2.35. The minimum Gasteiger partial charge on any atom is -0.309 e. The molecule has 0 heterocycles. The van der Waals surface area contributed by atoms with Crippen LogP contribution in [-0.2, 0) is 4.79 Å². The first-order valence-corrected chi connectivity index (χ1v) is 9.68. The number of nitrogens with zero attached hydrogens (tertiary/aromatic N) is 1. The van der Waals surface area contributed by atoms with Crippen molar-refractivity contribution in [3.63, 3.8) is 0 Å². The zero-order chi connectivity index (χ0) is 18.4. The van der Waals surface area contributed by atoms with Crippen LogP contribution in [0.1, 0.15) is 72.1 Å². The van der Waals surface area contributed by atoms with Gasteiger partial charge in [-0.3, -0.25) is 4.79 Å². The minimum absolute atomic E-state index is 0.0343. The van der Waals surface area contributed by atoms with Gasteiger partial charge in [0.2, 0.25) is 5.91 Å². The number of carbonyl (C=O) groups is 1. The Balaban J connectivity index is 2.34. The molecule has 2 nitrogen and oxygen atoms in total. The van der Waals surface area contributed by atoms with Gasteiger partial charge in [-0.15, -0.1) is 0 Å². The Morgan fingerprint density at radius 1 is 1.20 bits per heavy atom. The van der Waals surface area contributed by atoms with Gasteiger partial charge in [-0.1, -0.05) is 46.5 Å². The lowest BCUT2D eigenvalue weighted by Gasteiger charge is -2.37. The normalized spacial score (nSPS) is 18.0. The van der Waals surface area contributed by atoms with E-state index in [9.17, 15) is 13.6 Å². The number of hydrogen-bond donors (Lipinski definition) is 0. The molecule has 2 rings (SSSR count). The van der Waals surface area contributed by atoms with Crippen molar-refractivity contribution in [1.29, 1.82) is 0 Å². The SMILES string of the molecule is CCCC(C)(CC)C(=O)N(CC1CCCCC1)c1ccc(F)cc1F. The summed E-state index contributed by atoms with van der Waals surface area (Å²) in [6.07, 6.45) is 8.09. The van der Waals surface area contributed by atoms with Crippen molar-refractivity contribution in [2.45, 2.75) is 72.1 Å². The largest absolute Gasteiger partial charge is 0.309 e. The summed E-state index contributed by atoms with van der Waals surface area (Å²) < 4.78 is 27.8. The molecule has 1 atom stereocenters. The highest BCUT2D eigenvalue weighted by Gasteiger charge is 2.36. The molecule has 0 aromatic heterocycles. The minimum atomic E-state index is -0.654. The average molecular weight is 351 g/mol. The van der Waals surface area contributed by atoms with Gasteiger partial charge in [0.15, 0.2) is 0 Å². The van der Waals surface area contributed by atoms with Crippen LogP contribution in [0.4, 0.5) is 14.5 Å². The summed E-state index contributed by atoms with van der Waals surface area (Å²) in [7, 11) is 0. The van der Waals surface area contributed by atoms with E-state index in [0.717, 1.165) is 31.7 Å². The smallest absolute Gasteiger partial charge is 0.233 e. The molecule has 1 saturated carbocycles. The third-order valence-corrected chi connectivity index (χ3v) is 5.71. The average Bonchev–Trinajstić information content (AvgIpc) is 2.60. The summed E-state index contributed by atoms with van der Waals surface area (Å²) in [6, 6.07) is 3.52. The zero-order valence-electron chi connectivity index (χ0n) is 15.8. The Labute approximate surface area is 150 Å². The molecule has 0 aliphatic heterocycles. The molecule has 140 valence electrons. The van der Waals surface area contributed by atoms with Gasteiger partial charge < -0.3 is 4.90 Å². The topological polar surface area (TPSA) is 20.3 Å². The van der Waals surface area contributed by atoms with Crippen molar-refractivity contribution < 1.29 is 13.6 Å². The van der Waals surface area contributed by atoms with Crippen LogP contribution in [0.25, 0.3) is 0 Å². The van der Waals surface area contributed by atoms with Crippen LogP contribution >= 0.6 is 0 Å². The standard InChI is InChI=1S/C21H31F2NO/c1-4-13-21(3,5-2)20(25)24(15-16-9-7-6-8-10-16)19-12-11-17(22)14-18(19)23/h11-12,14,16H,4-10,13,15H2,1-3H3. The summed E-state index contributed by atoms with van der Waals surface area (Å²) in [6.45, 7) is 6.56. The van der Waals surface area contributed by atoms with Gasteiger partial charge in [-0.2, -0.15) is 0 Å². The molecule has 1 aromatic rings. The zero-order valence-corrected chi connectivity index (χ0v) is 15.8. The number of rotatable bonds is 7. The third kappa shape index (κ3) is 4.80. The first-order chi connectivity index (χ1) is 11.9. The quantitative estimate of drug-likeness (QED) is 0.582. The van der Waals surface area contributed by atoms with Gasteiger partial charge in [0.05, 0.1) is 5.69 Å². The van der Waals surface area contributed by atoms with E-state index in [1.165, 1.54) is 31.4 Å². The molecule has 0 saturated heterocycles. The van der Waals surface area contributed by atoms with Crippen LogP contribution in [-0.4, -0.2) is 12.5 Å². The predicted molar refractivity (Wildman–Crippen MR) is 98.6 cm³/mol. The van der Waals surface area contributed by atoms with E-state index in [-0.39, 0.29) is 11.6 Å². The van der Waals surface area contributed by atoms with E-state index in [1.54, 1.807) is 4.90 Å². The number of benzene rings is 1. The molecule has 1 amide bonds. The predicted octanol–water partition coefficient (Wildman–Crippen LogP) is 6.09. The van der Waals surface area contributed by atoms with Gasteiger partial charge in [0.25, 0.3) is 0 Å². The van der Waals surface area contributed by atoms with E-state index in [4.69, 9.17) is 0 Å². The fraction of sp³-hybridized carbons (Fsp3) is 0.667. The lowest BCUT2D eigenvalue weighted by molar-refractivity contribution is -0.128. The van der Waals surface area contributed by atoms with E-state index in [1.807, 2.05) is 13.8 Å². The summed E-state index contributed by atoms with van der Waals surface area (Å²) in [5.74, 6) is -0.907. The molecule has 0 bridgehead atoms. The summed E-state index contributed by atoms with van der Waals surface area (Å²) >= 11 is 0. The second-order valence-corrected chi connectivity index (χ2v) is 7.68. The second-order valence-electron chi connectivity index (χ2n) is 7.68. The van der Waals surface area contributed by atoms with Crippen LogP contribution < -0.4 is 4.90 Å². The van der Waals surface area contributed by atoms with Crippen LogP contribution in [0.2, 0.25) is 0 Å². The number of halogens is 2. The molecule has 1 unspecified atom stereocenters. The molecule has 1 aliphatic carbocycles. The highest BCUT2D eigenvalue weighted by molar-refractivity contribution is 5.97. The Morgan fingerprint density at radius 3 is 2.44 bits per heavy atom. The molecule has 25 heavy (non-hydrogen) atoms. The number of hydrogen-bond acceptors (Lipinski definition) is 1. The van der Waals surface area contributed by atoms with Gasteiger partial charge in [-0.05, 0) is 43.7 Å². The monoisotopic (exact) mass is 351 g/mol. The van der Waals surface area contributed by atoms with Crippen LogP contribution in [0.3, 0.4) is 0 Å². The number of anilines is 1. The maximum absolute atomic E-state index is 14.5. The molecule has 0 radical (unpaired) electrons. The molecular formula is C21H31F2NO. The van der Waals surface area contributed by atoms with Crippen LogP contribution in [0, 0.1) is 23.0 Å². The van der Waals surface area contributed by atoms with Crippen molar-refractivity contribution in [2.24, 2.45) is 11.3 Å². The third-order valence-electron chi connectivity index (χ3n) is 5.71. The van der Waals surface area contributed by atoms with Crippen molar-refractivity contribution in [2.75, 3.05) is 11.4 Å². The fourth-order valence-corrected chi connectivity index (χ4v) is 3.93. The molecule has 1 fully saturated rings. The Hall–Kier alpha value is -1.45. The van der Waals surface area contributed by atoms with Gasteiger partial charge in [0.1, 0.15) is 11.6 Å². The second kappa shape index (κ2) is 8.77. The van der Waals surface area contributed by atoms with Crippen LogP contribution in [0.15, 0.2) is 18.2 Å². The first-order valence-electron chi connectivity index (χ1n) is 9.68. The van der Waals surface area contributed by atoms with E-state index < -0.39 is 17.0 Å². The van der Waals surface area contributed by atoms with Crippen molar-refractivity contribution in [3.05, 3.63) is 29.8 Å². The Kier molecular flexibility index (Phi) is 6.97. The van der Waals surface area contributed by atoms with Gasteiger partial charge in [-0.25, -0.2) is 8.78 Å². The molecule has 0 N–H and O–H groups in total. The van der Waals surface area contributed by atoms with E-state index in [2.05, 4.69) is 6.92 Å². The summed E-state index contributed by atoms with van der Waals surface area (Å²) in [5.41, 5.74) is -0.294.